The summed E-state index contributed by atoms with van der Waals surface area (Å²) in [6.45, 7) is 6.12. The number of carboxylic acids is 1. The number of aliphatic carboxylic acids is 1. The highest BCUT2D eigenvalue weighted by Gasteiger charge is 2.38. The number of amides is 1. The number of carbonyl (C=O) groups excluding carboxylic acids is 1. The van der Waals surface area contributed by atoms with Crippen LogP contribution >= 0.6 is 0 Å². The van der Waals surface area contributed by atoms with Crippen molar-refractivity contribution in [2.24, 2.45) is 0 Å². The van der Waals surface area contributed by atoms with Gasteiger partial charge in [-0.05, 0) is 74.9 Å². The number of rotatable bonds is 4. The second-order valence-corrected chi connectivity index (χ2v) is 9.65. The molecule has 0 atom stereocenters. The van der Waals surface area contributed by atoms with Crippen LogP contribution in [-0.4, -0.2) is 57.0 Å². The van der Waals surface area contributed by atoms with E-state index in [1.54, 1.807) is 0 Å². The van der Waals surface area contributed by atoms with Crippen molar-refractivity contribution in [3.8, 4) is 5.69 Å². The number of carbonyl (C=O) groups is 2. The summed E-state index contributed by atoms with van der Waals surface area (Å²) in [5.74, 6) is -2.85. The number of para-hydroxylation sites is 1. The molecule has 1 saturated carbocycles. The zero-order chi connectivity index (χ0) is 27.4. The number of anilines is 1. The van der Waals surface area contributed by atoms with Crippen molar-refractivity contribution in [1.29, 1.82) is 0 Å². The first-order chi connectivity index (χ1) is 18.0. The molecule has 202 valence electrons. The van der Waals surface area contributed by atoms with Crippen molar-refractivity contribution in [1.82, 2.24) is 14.7 Å². The van der Waals surface area contributed by atoms with Gasteiger partial charge >= 0.3 is 12.1 Å². The molecule has 7 nitrogen and oxygen atoms in total. The number of benzene rings is 2. The maximum absolute atomic E-state index is 13.2. The summed E-state index contributed by atoms with van der Waals surface area (Å²) >= 11 is 0. The van der Waals surface area contributed by atoms with E-state index in [4.69, 9.17) is 9.90 Å². The molecule has 0 bridgehead atoms. The maximum Gasteiger partial charge on any atom is 0.490 e. The molecule has 1 amide bonds. The number of hydrogen-bond donors (Lipinski definition) is 2. The average molecular weight is 529 g/mol. The van der Waals surface area contributed by atoms with Gasteiger partial charge in [0.15, 0.2) is 0 Å². The highest BCUT2D eigenvalue weighted by atomic mass is 19.4. The van der Waals surface area contributed by atoms with Crippen LogP contribution in [0.25, 0.3) is 5.69 Å². The topological polar surface area (TPSA) is 87.5 Å². The fraction of sp³-hybridized carbons (Fsp3) is 0.393. The van der Waals surface area contributed by atoms with Crippen molar-refractivity contribution in [3.05, 3.63) is 76.6 Å². The summed E-state index contributed by atoms with van der Waals surface area (Å²) in [5, 5.41) is 14.9. The Morgan fingerprint density at radius 3 is 2.21 bits per heavy atom. The minimum Gasteiger partial charge on any atom is -0.475 e. The minimum absolute atomic E-state index is 0.0955. The molecule has 2 aromatic carbocycles. The fourth-order valence-electron chi connectivity index (χ4n) is 4.92. The summed E-state index contributed by atoms with van der Waals surface area (Å²) in [4.78, 5) is 24.7. The summed E-state index contributed by atoms with van der Waals surface area (Å²) in [5.41, 5.74) is 6.86. The van der Waals surface area contributed by atoms with Crippen LogP contribution in [0, 0.1) is 13.8 Å². The molecular formula is C28H31F3N4O3. The third kappa shape index (κ3) is 6.24. The first-order valence-electron chi connectivity index (χ1n) is 12.6. The van der Waals surface area contributed by atoms with Gasteiger partial charge in [0.25, 0.3) is 5.91 Å². The number of alkyl halides is 3. The number of aryl methyl sites for hydroxylation is 1. The highest BCUT2D eigenvalue weighted by Crippen LogP contribution is 2.28. The molecule has 0 radical (unpaired) electrons. The zero-order valence-electron chi connectivity index (χ0n) is 21.4. The molecule has 0 unspecified atom stereocenters. The van der Waals surface area contributed by atoms with Gasteiger partial charge in [0, 0.05) is 24.8 Å². The Morgan fingerprint density at radius 2 is 1.63 bits per heavy atom. The van der Waals surface area contributed by atoms with Crippen molar-refractivity contribution in [2.75, 3.05) is 18.4 Å². The molecule has 2 aliphatic rings. The van der Waals surface area contributed by atoms with Crippen molar-refractivity contribution in [3.63, 3.8) is 0 Å². The van der Waals surface area contributed by atoms with Gasteiger partial charge in [-0.25, -0.2) is 9.48 Å². The van der Waals surface area contributed by atoms with Crippen molar-refractivity contribution in [2.45, 2.75) is 58.2 Å². The lowest BCUT2D eigenvalue weighted by Crippen LogP contribution is -2.41. The Hall–Kier alpha value is -3.66. The molecule has 0 spiro atoms. The second kappa shape index (κ2) is 11.4. The predicted octanol–water partition coefficient (Wildman–Crippen LogP) is 5.33. The van der Waals surface area contributed by atoms with Crippen LogP contribution in [0.5, 0.6) is 0 Å². The van der Waals surface area contributed by atoms with E-state index in [1.165, 1.54) is 30.4 Å². The van der Waals surface area contributed by atoms with E-state index >= 15 is 0 Å². The molecule has 2 N–H and O–H groups in total. The summed E-state index contributed by atoms with van der Waals surface area (Å²) < 4.78 is 33.6. The van der Waals surface area contributed by atoms with Crippen LogP contribution in [-0.2, 0) is 17.6 Å². The molecule has 1 aliphatic carbocycles. The Kier molecular flexibility index (Phi) is 8.20. The zero-order valence-corrected chi connectivity index (χ0v) is 21.4. The molecule has 10 heteroatoms. The van der Waals surface area contributed by atoms with Gasteiger partial charge in [-0.2, -0.15) is 18.3 Å². The Balaban J connectivity index is 0.000000426. The van der Waals surface area contributed by atoms with Gasteiger partial charge in [0.2, 0.25) is 0 Å². The maximum atomic E-state index is 13.2. The second-order valence-electron chi connectivity index (χ2n) is 9.65. The predicted molar refractivity (Wildman–Crippen MR) is 138 cm³/mol. The number of carboxylic acid groups (broad SMARTS) is 1. The third-order valence-electron chi connectivity index (χ3n) is 7.15. The lowest BCUT2D eigenvalue weighted by atomic mass is 9.91. The third-order valence-corrected chi connectivity index (χ3v) is 7.15. The Bertz CT molecular complexity index is 1300. The molecule has 1 aromatic heterocycles. The van der Waals surface area contributed by atoms with E-state index in [0.717, 1.165) is 54.7 Å². The van der Waals surface area contributed by atoms with E-state index in [2.05, 4.69) is 27.4 Å². The van der Waals surface area contributed by atoms with Gasteiger partial charge in [-0.1, -0.05) is 30.7 Å². The Morgan fingerprint density at radius 1 is 1.00 bits per heavy atom. The summed E-state index contributed by atoms with van der Waals surface area (Å²) in [7, 11) is 0. The van der Waals surface area contributed by atoms with Gasteiger partial charge in [0.1, 0.15) is 0 Å². The standard InChI is InChI=1S/C26H30N4O.C2HF3O2/c1-18-25(19(2)30(28-18)24-7-4-3-5-8-24)26(31)27-22-12-11-20-13-15-29(23-9-6-10-23)16-14-21(20)17-22;3-2(4,5)1(6)7/h3-5,7-8,11-12,17,23H,6,9-10,13-16H2,1-2H3,(H,27,31);(H,6,7). The number of fused-ring (bicyclic) bond motifs is 1. The fourth-order valence-corrected chi connectivity index (χ4v) is 4.92. The van der Waals surface area contributed by atoms with Gasteiger partial charge in [-0.3, -0.25) is 9.69 Å². The van der Waals surface area contributed by atoms with Gasteiger partial charge < -0.3 is 10.4 Å². The van der Waals surface area contributed by atoms with Crippen molar-refractivity contribution < 1.29 is 27.9 Å². The number of hydrogen-bond acceptors (Lipinski definition) is 4. The number of nitrogens with one attached hydrogen (secondary N) is 1. The quantitative estimate of drug-likeness (QED) is 0.478. The average Bonchev–Trinajstić information content (AvgIpc) is 3.00. The lowest BCUT2D eigenvalue weighted by Gasteiger charge is -2.36. The van der Waals surface area contributed by atoms with Crippen molar-refractivity contribution >= 4 is 17.6 Å². The van der Waals surface area contributed by atoms with Gasteiger partial charge in [0.05, 0.1) is 22.6 Å². The monoisotopic (exact) mass is 528 g/mol. The molecule has 1 aliphatic heterocycles. The van der Waals surface area contributed by atoms with Crippen LogP contribution in [0.4, 0.5) is 18.9 Å². The van der Waals surface area contributed by atoms with E-state index < -0.39 is 12.1 Å². The van der Waals surface area contributed by atoms with Crippen LogP contribution in [0.2, 0.25) is 0 Å². The van der Waals surface area contributed by atoms with E-state index in [1.807, 2.05) is 54.9 Å². The highest BCUT2D eigenvalue weighted by molar-refractivity contribution is 6.06. The number of halogens is 3. The number of aromatic nitrogens is 2. The smallest absolute Gasteiger partial charge is 0.475 e. The van der Waals surface area contributed by atoms with Crippen LogP contribution in [0.15, 0.2) is 48.5 Å². The summed E-state index contributed by atoms with van der Waals surface area (Å²) in [6, 6.07) is 17.1. The first-order valence-corrected chi connectivity index (χ1v) is 12.6. The molecule has 1 fully saturated rings. The minimum atomic E-state index is -5.08. The molecule has 2 heterocycles. The largest absolute Gasteiger partial charge is 0.490 e. The SMILES string of the molecule is Cc1nn(-c2ccccc2)c(C)c1C(=O)Nc1ccc2c(c1)CCN(C1CCC1)CC2.O=C(O)C(F)(F)F. The lowest BCUT2D eigenvalue weighted by molar-refractivity contribution is -0.192. The van der Waals surface area contributed by atoms with Gasteiger partial charge in [-0.15, -0.1) is 0 Å². The molecule has 38 heavy (non-hydrogen) atoms. The van der Waals surface area contributed by atoms with E-state index in [-0.39, 0.29) is 5.91 Å². The normalized spacial score (nSPS) is 15.9. The van der Waals surface area contributed by atoms with E-state index in [0.29, 0.717) is 5.56 Å². The molecule has 0 saturated heterocycles. The van der Waals surface area contributed by atoms with Crippen LogP contribution < -0.4 is 5.32 Å². The Labute approximate surface area is 219 Å². The van der Waals surface area contributed by atoms with E-state index in [9.17, 15) is 18.0 Å². The number of nitrogens with zero attached hydrogens (tertiary/aromatic N) is 3. The van der Waals surface area contributed by atoms with Crippen LogP contribution in [0.3, 0.4) is 0 Å². The van der Waals surface area contributed by atoms with Crippen LogP contribution in [0.1, 0.15) is 52.1 Å². The summed E-state index contributed by atoms with van der Waals surface area (Å²) in [6.07, 6.45) is 1.16. The molecule has 3 aromatic rings. The first kappa shape index (κ1) is 27.4. The molecular weight excluding hydrogens is 497 g/mol. The molecule has 5 rings (SSSR count).